The Hall–Kier alpha value is -2.12. The molecule has 1 aromatic rings. The Morgan fingerprint density at radius 2 is 2.25 bits per heavy atom. The Bertz CT molecular complexity index is 596. The number of allylic oxidation sites excluding steroid dienone is 1. The van der Waals surface area contributed by atoms with Crippen LogP contribution in [0.1, 0.15) is 30.0 Å². The fraction of sp³-hybridized carbons (Fsp3) is 0.375. The van der Waals surface area contributed by atoms with Gasteiger partial charge in [0.1, 0.15) is 0 Å². The van der Waals surface area contributed by atoms with E-state index in [4.69, 9.17) is 6.57 Å². The molecule has 0 aromatic heterocycles. The number of aliphatic carboxylic acids is 1. The van der Waals surface area contributed by atoms with Gasteiger partial charge in [0, 0.05) is 0 Å². The van der Waals surface area contributed by atoms with Gasteiger partial charge in [-0.05, 0) is 42.9 Å². The van der Waals surface area contributed by atoms with Gasteiger partial charge >= 0.3 is 5.97 Å². The number of aliphatic hydroxyl groups is 1. The Labute approximate surface area is 118 Å². The first-order chi connectivity index (χ1) is 9.54. The first-order valence-corrected chi connectivity index (χ1v) is 6.64. The summed E-state index contributed by atoms with van der Waals surface area (Å²) in [6, 6.07) is 3.56. The summed E-state index contributed by atoms with van der Waals surface area (Å²) >= 11 is 0. The Kier molecular flexibility index (Phi) is 4.21. The highest BCUT2D eigenvalue weighted by Gasteiger charge is 2.25. The Morgan fingerprint density at radius 3 is 2.85 bits per heavy atom. The molecule has 0 saturated heterocycles. The van der Waals surface area contributed by atoms with E-state index in [9.17, 15) is 15.0 Å². The standard InChI is InChI=1S/C16H17NO3/c1-10(18)14(16(19)20)9-11-7-8-15(17-2)13-6-4-3-5-12(11)13/h4,6-8,10,14,18H,3,5,9H2,1H3,(H,19,20)/t10-,14+/m0/s1. The molecule has 0 saturated carbocycles. The topological polar surface area (TPSA) is 61.9 Å². The lowest BCUT2D eigenvalue weighted by atomic mass is 9.86. The van der Waals surface area contributed by atoms with Crippen molar-refractivity contribution in [3.8, 4) is 0 Å². The second kappa shape index (κ2) is 5.89. The quantitative estimate of drug-likeness (QED) is 0.828. The van der Waals surface area contributed by atoms with Gasteiger partial charge in [0.25, 0.3) is 0 Å². The largest absolute Gasteiger partial charge is 0.481 e. The van der Waals surface area contributed by atoms with Gasteiger partial charge in [0.05, 0.1) is 18.6 Å². The predicted octanol–water partition coefficient (Wildman–Crippen LogP) is 2.82. The first-order valence-electron chi connectivity index (χ1n) is 6.64. The summed E-state index contributed by atoms with van der Waals surface area (Å²) in [6.07, 6.45) is 5.08. The molecule has 2 atom stereocenters. The molecule has 4 heteroatoms. The summed E-state index contributed by atoms with van der Waals surface area (Å²) in [6.45, 7) is 8.69. The van der Waals surface area contributed by atoms with Crippen molar-refractivity contribution in [2.24, 2.45) is 5.92 Å². The number of rotatable bonds is 4. The van der Waals surface area contributed by atoms with Crippen LogP contribution in [0.5, 0.6) is 0 Å². The normalized spacial score (nSPS) is 16.1. The number of carboxylic acid groups (broad SMARTS) is 1. The number of hydrogen-bond donors (Lipinski definition) is 2. The van der Waals surface area contributed by atoms with Crippen LogP contribution in [-0.2, 0) is 17.6 Å². The van der Waals surface area contributed by atoms with E-state index in [0.29, 0.717) is 12.1 Å². The number of carboxylic acids is 1. The molecule has 104 valence electrons. The number of benzene rings is 1. The van der Waals surface area contributed by atoms with Gasteiger partial charge in [0.15, 0.2) is 5.69 Å². The molecule has 0 bridgehead atoms. The summed E-state index contributed by atoms with van der Waals surface area (Å²) in [5, 5.41) is 18.8. The minimum absolute atomic E-state index is 0.293. The zero-order chi connectivity index (χ0) is 14.7. The maximum Gasteiger partial charge on any atom is 0.309 e. The van der Waals surface area contributed by atoms with Crippen LogP contribution < -0.4 is 0 Å². The summed E-state index contributed by atoms with van der Waals surface area (Å²) in [5.41, 5.74) is 3.47. The third-order valence-electron chi connectivity index (χ3n) is 3.74. The lowest BCUT2D eigenvalue weighted by Crippen LogP contribution is -2.28. The second-order valence-corrected chi connectivity index (χ2v) is 5.08. The molecular formula is C16H17NO3. The van der Waals surface area contributed by atoms with Gasteiger partial charge < -0.3 is 10.2 Å². The van der Waals surface area contributed by atoms with E-state index in [1.54, 1.807) is 6.07 Å². The van der Waals surface area contributed by atoms with Gasteiger partial charge in [0.2, 0.25) is 0 Å². The minimum Gasteiger partial charge on any atom is -0.481 e. The van der Waals surface area contributed by atoms with Crippen LogP contribution in [0.4, 0.5) is 5.69 Å². The summed E-state index contributed by atoms with van der Waals surface area (Å²) < 4.78 is 0. The molecule has 0 amide bonds. The van der Waals surface area contributed by atoms with Gasteiger partial charge in [-0.25, -0.2) is 4.85 Å². The molecule has 2 N–H and O–H groups in total. The molecule has 0 fully saturated rings. The van der Waals surface area contributed by atoms with Crippen molar-refractivity contribution in [2.45, 2.75) is 32.3 Å². The maximum atomic E-state index is 11.2. The zero-order valence-electron chi connectivity index (χ0n) is 11.3. The van der Waals surface area contributed by atoms with E-state index in [0.717, 1.165) is 29.5 Å². The number of hydrogen-bond acceptors (Lipinski definition) is 2. The molecule has 0 heterocycles. The number of fused-ring (bicyclic) bond motifs is 1. The molecule has 1 aliphatic rings. The van der Waals surface area contributed by atoms with Crippen molar-refractivity contribution in [1.29, 1.82) is 0 Å². The van der Waals surface area contributed by atoms with Crippen molar-refractivity contribution in [3.05, 3.63) is 46.3 Å². The highest BCUT2D eigenvalue weighted by atomic mass is 16.4. The second-order valence-electron chi connectivity index (χ2n) is 5.08. The van der Waals surface area contributed by atoms with E-state index >= 15 is 0 Å². The van der Waals surface area contributed by atoms with Gasteiger partial charge in [-0.3, -0.25) is 4.79 Å². The summed E-state index contributed by atoms with van der Waals surface area (Å²) in [7, 11) is 0. The van der Waals surface area contributed by atoms with E-state index in [-0.39, 0.29) is 0 Å². The fourth-order valence-electron chi connectivity index (χ4n) is 2.60. The third-order valence-corrected chi connectivity index (χ3v) is 3.74. The molecule has 0 aliphatic heterocycles. The molecule has 0 radical (unpaired) electrons. The van der Waals surface area contributed by atoms with Crippen molar-refractivity contribution >= 4 is 17.7 Å². The molecule has 0 unspecified atom stereocenters. The molecule has 2 rings (SSSR count). The molecule has 20 heavy (non-hydrogen) atoms. The predicted molar refractivity (Wildman–Crippen MR) is 76.6 cm³/mol. The van der Waals surface area contributed by atoms with E-state index in [1.165, 1.54) is 6.92 Å². The number of carbonyl (C=O) groups is 1. The molecule has 4 nitrogen and oxygen atoms in total. The fourth-order valence-corrected chi connectivity index (χ4v) is 2.60. The molecular weight excluding hydrogens is 254 g/mol. The van der Waals surface area contributed by atoms with Gasteiger partial charge in [-0.15, -0.1) is 0 Å². The number of aliphatic hydroxyl groups excluding tert-OH is 1. The van der Waals surface area contributed by atoms with Crippen molar-refractivity contribution < 1.29 is 15.0 Å². The van der Waals surface area contributed by atoms with Crippen LogP contribution in [-0.4, -0.2) is 22.3 Å². The highest BCUT2D eigenvalue weighted by molar-refractivity contribution is 5.74. The molecule has 1 aromatic carbocycles. The van der Waals surface area contributed by atoms with Gasteiger partial charge in [-0.2, -0.15) is 0 Å². The maximum absolute atomic E-state index is 11.2. The highest BCUT2D eigenvalue weighted by Crippen LogP contribution is 2.33. The average molecular weight is 271 g/mol. The Morgan fingerprint density at radius 1 is 1.50 bits per heavy atom. The van der Waals surface area contributed by atoms with Crippen LogP contribution >= 0.6 is 0 Å². The van der Waals surface area contributed by atoms with Crippen LogP contribution in [0, 0.1) is 12.5 Å². The SMILES string of the molecule is [C-]#[N+]c1ccc(C[C@@H](C(=O)O)[C@H](C)O)c2c1C=CCC2. The van der Waals surface area contributed by atoms with Crippen LogP contribution in [0.3, 0.4) is 0 Å². The van der Waals surface area contributed by atoms with E-state index < -0.39 is 18.0 Å². The van der Waals surface area contributed by atoms with Crippen LogP contribution in [0.25, 0.3) is 10.9 Å². The lowest BCUT2D eigenvalue weighted by Gasteiger charge is -2.21. The zero-order valence-corrected chi connectivity index (χ0v) is 11.3. The summed E-state index contributed by atoms with van der Waals surface area (Å²) in [5.74, 6) is -1.81. The molecule has 0 spiro atoms. The van der Waals surface area contributed by atoms with Crippen LogP contribution in [0.15, 0.2) is 18.2 Å². The third kappa shape index (κ3) is 2.73. The van der Waals surface area contributed by atoms with E-state index in [2.05, 4.69) is 4.85 Å². The van der Waals surface area contributed by atoms with Crippen LogP contribution in [0.2, 0.25) is 0 Å². The van der Waals surface area contributed by atoms with Crippen molar-refractivity contribution in [1.82, 2.24) is 0 Å². The van der Waals surface area contributed by atoms with E-state index in [1.807, 2.05) is 18.2 Å². The smallest absolute Gasteiger partial charge is 0.309 e. The minimum atomic E-state index is -0.991. The average Bonchev–Trinajstić information content (AvgIpc) is 2.43. The number of nitrogens with zero attached hydrogens (tertiary/aromatic N) is 1. The van der Waals surface area contributed by atoms with Gasteiger partial charge in [-0.1, -0.05) is 24.3 Å². The van der Waals surface area contributed by atoms with Crippen molar-refractivity contribution in [3.63, 3.8) is 0 Å². The Balaban J connectivity index is 2.41. The first kappa shape index (κ1) is 14.3. The molecule has 1 aliphatic carbocycles. The van der Waals surface area contributed by atoms with Crippen molar-refractivity contribution in [2.75, 3.05) is 0 Å². The monoisotopic (exact) mass is 271 g/mol. The lowest BCUT2D eigenvalue weighted by molar-refractivity contribution is -0.145. The summed E-state index contributed by atoms with van der Waals surface area (Å²) in [4.78, 5) is 14.7.